The van der Waals surface area contributed by atoms with Gasteiger partial charge in [-0.3, -0.25) is 0 Å². The summed E-state index contributed by atoms with van der Waals surface area (Å²) in [5.74, 6) is 0.0424. The molecule has 1 saturated heterocycles. The highest BCUT2D eigenvalue weighted by molar-refractivity contribution is 7.91. The fourth-order valence-corrected chi connectivity index (χ4v) is 3.42. The summed E-state index contributed by atoms with van der Waals surface area (Å²) in [6, 6.07) is 4.97. The van der Waals surface area contributed by atoms with Gasteiger partial charge in [-0.2, -0.15) is 0 Å². The average Bonchev–Trinajstić information content (AvgIpc) is 2.37. The molecular formula is C13H19FN2O2S. The zero-order valence-electron chi connectivity index (χ0n) is 11.0. The van der Waals surface area contributed by atoms with Crippen molar-refractivity contribution in [3.05, 3.63) is 29.6 Å². The van der Waals surface area contributed by atoms with Crippen molar-refractivity contribution in [3.8, 4) is 0 Å². The van der Waals surface area contributed by atoms with Gasteiger partial charge in [0.05, 0.1) is 11.5 Å². The first-order chi connectivity index (χ1) is 9.03. The molecule has 6 heteroatoms. The number of halogens is 1. The molecule has 0 unspecified atom stereocenters. The lowest BCUT2D eigenvalue weighted by Gasteiger charge is -2.30. The molecule has 0 bridgehead atoms. The van der Waals surface area contributed by atoms with E-state index < -0.39 is 9.84 Å². The van der Waals surface area contributed by atoms with Gasteiger partial charge in [0.15, 0.2) is 9.84 Å². The number of hydrogen-bond acceptors (Lipinski definition) is 4. The molecule has 1 fully saturated rings. The number of rotatable bonds is 4. The maximum Gasteiger partial charge on any atom is 0.153 e. The maximum absolute atomic E-state index is 13.9. The van der Waals surface area contributed by atoms with E-state index in [2.05, 4.69) is 5.32 Å². The first-order valence-electron chi connectivity index (χ1n) is 6.47. The Kier molecular flexibility index (Phi) is 4.42. The lowest BCUT2D eigenvalue weighted by atomic mass is 10.1. The number of benzene rings is 1. The molecule has 0 aliphatic carbocycles. The van der Waals surface area contributed by atoms with E-state index in [1.54, 1.807) is 6.07 Å². The number of nitrogens with one attached hydrogen (secondary N) is 1. The van der Waals surface area contributed by atoms with Gasteiger partial charge in [-0.1, -0.05) is 13.0 Å². The highest BCUT2D eigenvalue weighted by Crippen LogP contribution is 2.24. The topological polar surface area (TPSA) is 49.4 Å². The van der Waals surface area contributed by atoms with Gasteiger partial charge in [0.1, 0.15) is 5.82 Å². The summed E-state index contributed by atoms with van der Waals surface area (Å²) in [6.07, 6.45) is 0. The van der Waals surface area contributed by atoms with Crippen LogP contribution in [-0.2, 0) is 16.4 Å². The van der Waals surface area contributed by atoms with E-state index in [4.69, 9.17) is 0 Å². The van der Waals surface area contributed by atoms with Crippen LogP contribution in [0, 0.1) is 5.82 Å². The minimum Gasteiger partial charge on any atom is -0.369 e. The third kappa shape index (κ3) is 3.45. The summed E-state index contributed by atoms with van der Waals surface area (Å²) < 4.78 is 36.8. The Bertz CT molecular complexity index is 532. The highest BCUT2D eigenvalue weighted by atomic mass is 32.2. The molecule has 0 saturated carbocycles. The minimum absolute atomic E-state index is 0.143. The Labute approximate surface area is 113 Å². The monoisotopic (exact) mass is 286 g/mol. The summed E-state index contributed by atoms with van der Waals surface area (Å²) in [5, 5.41) is 3.12. The molecule has 0 radical (unpaired) electrons. The summed E-state index contributed by atoms with van der Waals surface area (Å²) in [7, 11) is -2.91. The molecule has 2 rings (SSSR count). The number of nitrogens with zero attached hydrogens (tertiary/aromatic N) is 1. The van der Waals surface area contributed by atoms with Crippen LogP contribution < -0.4 is 10.2 Å². The summed E-state index contributed by atoms with van der Waals surface area (Å²) in [5.41, 5.74) is 1.42. The fraction of sp³-hybridized carbons (Fsp3) is 0.538. The van der Waals surface area contributed by atoms with E-state index in [0.717, 1.165) is 12.2 Å². The Balaban J connectivity index is 2.22. The van der Waals surface area contributed by atoms with E-state index in [9.17, 15) is 12.8 Å². The molecule has 0 aromatic heterocycles. The van der Waals surface area contributed by atoms with Gasteiger partial charge < -0.3 is 10.2 Å². The second-order valence-corrected chi connectivity index (χ2v) is 6.96. The molecule has 1 N–H and O–H groups in total. The molecule has 0 atom stereocenters. The van der Waals surface area contributed by atoms with Crippen LogP contribution >= 0.6 is 0 Å². The van der Waals surface area contributed by atoms with Crippen LogP contribution in [0.5, 0.6) is 0 Å². The molecule has 1 aromatic rings. The Morgan fingerprint density at radius 3 is 2.63 bits per heavy atom. The normalized spacial score (nSPS) is 18.5. The van der Waals surface area contributed by atoms with Crippen LogP contribution in [0.15, 0.2) is 18.2 Å². The average molecular weight is 286 g/mol. The fourth-order valence-electron chi connectivity index (χ4n) is 2.22. The Hall–Kier alpha value is -1.14. The quantitative estimate of drug-likeness (QED) is 0.903. The first kappa shape index (κ1) is 14.3. The third-order valence-corrected chi connectivity index (χ3v) is 4.94. The van der Waals surface area contributed by atoms with Crippen LogP contribution in [-0.4, -0.2) is 39.6 Å². The van der Waals surface area contributed by atoms with Gasteiger partial charge in [-0.25, -0.2) is 12.8 Å². The molecule has 0 amide bonds. The van der Waals surface area contributed by atoms with E-state index >= 15 is 0 Å². The summed E-state index contributed by atoms with van der Waals surface area (Å²) in [4.78, 5) is 1.96. The van der Waals surface area contributed by atoms with Gasteiger partial charge in [0.25, 0.3) is 0 Å². The second kappa shape index (κ2) is 5.88. The molecule has 0 spiro atoms. The van der Waals surface area contributed by atoms with Crippen LogP contribution in [0.2, 0.25) is 0 Å². The largest absolute Gasteiger partial charge is 0.369 e. The van der Waals surface area contributed by atoms with Gasteiger partial charge >= 0.3 is 0 Å². The first-order valence-corrected chi connectivity index (χ1v) is 8.29. The van der Waals surface area contributed by atoms with Crippen molar-refractivity contribution in [1.29, 1.82) is 0 Å². The second-order valence-electron chi connectivity index (χ2n) is 4.66. The predicted molar refractivity (Wildman–Crippen MR) is 74.6 cm³/mol. The molecule has 1 aliphatic rings. The summed E-state index contributed by atoms with van der Waals surface area (Å²) in [6.45, 7) is 4.06. The maximum atomic E-state index is 13.9. The smallest absolute Gasteiger partial charge is 0.153 e. The predicted octanol–water partition coefficient (Wildman–Crippen LogP) is 1.17. The van der Waals surface area contributed by atoms with Gasteiger partial charge in [0.2, 0.25) is 0 Å². The van der Waals surface area contributed by atoms with Crippen molar-refractivity contribution >= 4 is 15.5 Å². The molecule has 19 heavy (non-hydrogen) atoms. The van der Waals surface area contributed by atoms with Crippen molar-refractivity contribution in [3.63, 3.8) is 0 Å². The lowest BCUT2D eigenvalue weighted by Crippen LogP contribution is -2.41. The van der Waals surface area contributed by atoms with E-state index in [1.165, 1.54) is 6.07 Å². The van der Waals surface area contributed by atoms with Gasteiger partial charge in [-0.05, 0) is 18.7 Å². The number of anilines is 1. The van der Waals surface area contributed by atoms with Crippen LogP contribution in [0.1, 0.15) is 12.5 Å². The van der Waals surface area contributed by atoms with E-state index in [1.807, 2.05) is 17.9 Å². The van der Waals surface area contributed by atoms with Crippen molar-refractivity contribution < 1.29 is 12.8 Å². The van der Waals surface area contributed by atoms with Crippen LogP contribution in [0.4, 0.5) is 10.1 Å². The Morgan fingerprint density at radius 2 is 2.00 bits per heavy atom. The zero-order chi connectivity index (χ0) is 13.9. The summed E-state index contributed by atoms with van der Waals surface area (Å²) >= 11 is 0. The zero-order valence-corrected chi connectivity index (χ0v) is 11.8. The SMILES string of the molecule is CCNCc1c(F)cccc1N1CCS(=O)(=O)CC1. The highest BCUT2D eigenvalue weighted by Gasteiger charge is 2.23. The third-order valence-electron chi connectivity index (χ3n) is 3.33. The lowest BCUT2D eigenvalue weighted by molar-refractivity contribution is 0.582. The van der Waals surface area contributed by atoms with Gasteiger partial charge in [-0.15, -0.1) is 0 Å². The van der Waals surface area contributed by atoms with Crippen LogP contribution in [0.3, 0.4) is 0 Å². The van der Waals surface area contributed by atoms with Crippen molar-refractivity contribution in [2.24, 2.45) is 0 Å². The van der Waals surface area contributed by atoms with Crippen molar-refractivity contribution in [2.75, 3.05) is 36.0 Å². The standard InChI is InChI=1S/C13H19FN2O2S/c1-2-15-10-11-12(14)4-3-5-13(11)16-6-8-19(17,18)9-7-16/h3-5,15H,2,6-10H2,1H3. The molecular weight excluding hydrogens is 267 g/mol. The van der Waals surface area contributed by atoms with E-state index in [0.29, 0.717) is 25.2 Å². The molecule has 1 aliphatic heterocycles. The van der Waals surface area contributed by atoms with Crippen LogP contribution in [0.25, 0.3) is 0 Å². The molecule has 1 aromatic carbocycles. The minimum atomic E-state index is -2.91. The van der Waals surface area contributed by atoms with Crippen molar-refractivity contribution in [2.45, 2.75) is 13.5 Å². The molecule has 1 heterocycles. The van der Waals surface area contributed by atoms with Gasteiger partial charge in [0, 0.05) is 30.9 Å². The Morgan fingerprint density at radius 1 is 1.32 bits per heavy atom. The molecule has 106 valence electrons. The van der Waals surface area contributed by atoms with E-state index in [-0.39, 0.29) is 17.3 Å². The number of sulfone groups is 1. The van der Waals surface area contributed by atoms with Crippen molar-refractivity contribution in [1.82, 2.24) is 5.32 Å². The molecule has 4 nitrogen and oxygen atoms in total. The number of hydrogen-bond donors (Lipinski definition) is 1.